The van der Waals surface area contributed by atoms with Crippen molar-refractivity contribution in [1.82, 2.24) is 5.32 Å². The van der Waals surface area contributed by atoms with Crippen LogP contribution in [-0.2, 0) is 28.9 Å². The number of carbonyl (C=O) groups excluding carboxylic acids is 1. The second-order valence-corrected chi connectivity index (χ2v) is 8.13. The van der Waals surface area contributed by atoms with Crippen molar-refractivity contribution < 1.29 is 13.4 Å². The standard InChI is InChI=1S/C21H20ClNO3S/c1-15-5-2-3-7-17(15)12-23-21(24)20-10-9-19(26-20)14-27(25)13-16-6-4-8-18(22)11-16/h2-11H,12-14H2,1H3,(H,23,24). The third kappa shape index (κ3) is 5.55. The highest BCUT2D eigenvalue weighted by molar-refractivity contribution is 7.83. The Labute approximate surface area is 166 Å². The van der Waals surface area contributed by atoms with E-state index in [4.69, 9.17) is 16.0 Å². The normalized spacial score (nSPS) is 11.9. The number of halogens is 1. The van der Waals surface area contributed by atoms with Crippen molar-refractivity contribution in [2.45, 2.75) is 25.0 Å². The summed E-state index contributed by atoms with van der Waals surface area (Å²) >= 11 is 5.95. The molecule has 140 valence electrons. The maximum absolute atomic E-state index is 12.3. The summed E-state index contributed by atoms with van der Waals surface area (Å²) in [5, 5.41) is 3.47. The van der Waals surface area contributed by atoms with Crippen LogP contribution in [0.3, 0.4) is 0 Å². The lowest BCUT2D eigenvalue weighted by molar-refractivity contribution is 0.0921. The molecule has 0 bridgehead atoms. The predicted molar refractivity (Wildman–Crippen MR) is 108 cm³/mol. The number of hydrogen-bond acceptors (Lipinski definition) is 3. The first-order chi connectivity index (χ1) is 13.0. The smallest absolute Gasteiger partial charge is 0.287 e. The van der Waals surface area contributed by atoms with Gasteiger partial charge in [-0.2, -0.15) is 0 Å². The summed E-state index contributed by atoms with van der Waals surface area (Å²) in [7, 11) is -1.15. The monoisotopic (exact) mass is 401 g/mol. The van der Waals surface area contributed by atoms with E-state index in [9.17, 15) is 9.00 Å². The van der Waals surface area contributed by atoms with Gasteiger partial charge in [0.25, 0.3) is 5.91 Å². The zero-order valence-electron chi connectivity index (χ0n) is 14.9. The molecule has 3 aromatic rings. The lowest BCUT2D eigenvalue weighted by Gasteiger charge is -2.06. The quantitative estimate of drug-likeness (QED) is 0.628. The van der Waals surface area contributed by atoms with Crippen molar-refractivity contribution in [2.75, 3.05) is 0 Å². The average molecular weight is 402 g/mol. The Morgan fingerprint density at radius 3 is 2.67 bits per heavy atom. The van der Waals surface area contributed by atoms with E-state index < -0.39 is 10.8 Å². The average Bonchev–Trinajstić information content (AvgIpc) is 3.09. The van der Waals surface area contributed by atoms with Crippen LogP contribution in [0.25, 0.3) is 0 Å². The second-order valence-electron chi connectivity index (χ2n) is 6.23. The molecule has 27 heavy (non-hydrogen) atoms. The predicted octanol–water partition coefficient (Wildman–Crippen LogP) is 4.62. The van der Waals surface area contributed by atoms with Crippen molar-refractivity contribution in [2.24, 2.45) is 0 Å². The first-order valence-corrected chi connectivity index (χ1v) is 10.4. The minimum absolute atomic E-state index is 0.221. The molecule has 2 aromatic carbocycles. The summed E-state index contributed by atoms with van der Waals surface area (Å²) in [4.78, 5) is 12.3. The van der Waals surface area contributed by atoms with Crippen LogP contribution < -0.4 is 5.32 Å². The van der Waals surface area contributed by atoms with Gasteiger partial charge in [-0.05, 0) is 47.9 Å². The van der Waals surface area contributed by atoms with Crippen LogP contribution in [0.4, 0.5) is 0 Å². The minimum Gasteiger partial charge on any atom is -0.455 e. The van der Waals surface area contributed by atoms with Gasteiger partial charge in [0, 0.05) is 28.1 Å². The number of hydrogen-bond donors (Lipinski definition) is 1. The molecule has 0 aliphatic rings. The lowest BCUT2D eigenvalue weighted by Crippen LogP contribution is -2.22. The van der Waals surface area contributed by atoms with E-state index in [1.54, 1.807) is 24.3 Å². The number of nitrogens with one attached hydrogen (secondary N) is 1. The van der Waals surface area contributed by atoms with Gasteiger partial charge in [-0.25, -0.2) is 0 Å². The largest absolute Gasteiger partial charge is 0.455 e. The van der Waals surface area contributed by atoms with Crippen LogP contribution in [-0.4, -0.2) is 10.1 Å². The van der Waals surface area contributed by atoms with Gasteiger partial charge >= 0.3 is 0 Å². The van der Waals surface area contributed by atoms with E-state index in [2.05, 4.69) is 5.32 Å². The molecule has 0 spiro atoms. The molecule has 0 aliphatic carbocycles. The van der Waals surface area contributed by atoms with Crippen LogP contribution >= 0.6 is 11.6 Å². The fraction of sp³-hybridized carbons (Fsp3) is 0.190. The van der Waals surface area contributed by atoms with Gasteiger partial charge in [-0.1, -0.05) is 48.0 Å². The summed E-state index contributed by atoms with van der Waals surface area (Å²) in [5.41, 5.74) is 3.08. The lowest BCUT2D eigenvalue weighted by atomic mass is 10.1. The summed E-state index contributed by atoms with van der Waals surface area (Å²) < 4.78 is 17.9. The van der Waals surface area contributed by atoms with Crippen molar-refractivity contribution in [3.63, 3.8) is 0 Å². The summed E-state index contributed by atoms with van der Waals surface area (Å²) in [6, 6.07) is 18.5. The maximum Gasteiger partial charge on any atom is 0.287 e. The molecule has 1 atom stereocenters. The maximum atomic E-state index is 12.3. The van der Waals surface area contributed by atoms with Crippen LogP contribution in [0.2, 0.25) is 5.02 Å². The van der Waals surface area contributed by atoms with E-state index in [1.807, 2.05) is 43.3 Å². The third-order valence-corrected chi connectivity index (χ3v) is 5.60. The zero-order chi connectivity index (χ0) is 19.2. The van der Waals surface area contributed by atoms with Gasteiger partial charge in [0.2, 0.25) is 0 Å². The SMILES string of the molecule is Cc1ccccc1CNC(=O)c1ccc(CS(=O)Cc2cccc(Cl)c2)o1. The Kier molecular flexibility index (Phi) is 6.48. The molecule has 0 aliphatic heterocycles. The number of furan rings is 1. The van der Waals surface area contributed by atoms with Gasteiger partial charge in [0.05, 0.1) is 5.75 Å². The molecule has 0 saturated heterocycles. The molecule has 3 rings (SSSR count). The third-order valence-electron chi connectivity index (χ3n) is 4.11. The highest BCUT2D eigenvalue weighted by Crippen LogP contribution is 2.16. The minimum atomic E-state index is -1.15. The number of benzene rings is 2. The van der Waals surface area contributed by atoms with Crippen molar-refractivity contribution >= 4 is 28.3 Å². The zero-order valence-corrected chi connectivity index (χ0v) is 16.5. The molecule has 0 radical (unpaired) electrons. The van der Waals surface area contributed by atoms with Crippen molar-refractivity contribution in [3.8, 4) is 0 Å². The molecule has 0 fully saturated rings. The molecule has 4 nitrogen and oxygen atoms in total. The topological polar surface area (TPSA) is 59.3 Å². The van der Waals surface area contributed by atoms with Crippen molar-refractivity contribution in [1.29, 1.82) is 0 Å². The molecule has 1 N–H and O–H groups in total. The number of aryl methyl sites for hydroxylation is 1. The number of carbonyl (C=O) groups is 1. The van der Waals surface area contributed by atoms with Gasteiger partial charge < -0.3 is 9.73 Å². The van der Waals surface area contributed by atoms with E-state index in [-0.39, 0.29) is 17.4 Å². The molecule has 0 saturated carbocycles. The fourth-order valence-electron chi connectivity index (χ4n) is 2.67. The Hall–Kier alpha value is -2.37. The summed E-state index contributed by atoms with van der Waals surface area (Å²) in [6.45, 7) is 2.43. The van der Waals surface area contributed by atoms with Gasteiger partial charge in [-0.15, -0.1) is 0 Å². The van der Waals surface area contributed by atoms with Crippen LogP contribution in [0, 0.1) is 6.92 Å². The van der Waals surface area contributed by atoms with E-state index >= 15 is 0 Å². The Balaban J connectivity index is 1.55. The molecule has 6 heteroatoms. The number of rotatable bonds is 7. The van der Waals surface area contributed by atoms with Gasteiger partial charge in [0.15, 0.2) is 5.76 Å². The molecular formula is C21H20ClNO3S. The van der Waals surface area contributed by atoms with Crippen LogP contribution in [0.1, 0.15) is 33.0 Å². The van der Waals surface area contributed by atoms with Crippen molar-refractivity contribution in [3.05, 3.63) is 93.9 Å². The van der Waals surface area contributed by atoms with Crippen LogP contribution in [0.15, 0.2) is 65.1 Å². The van der Waals surface area contributed by atoms with Gasteiger partial charge in [-0.3, -0.25) is 9.00 Å². The molecule has 1 heterocycles. The highest BCUT2D eigenvalue weighted by Gasteiger charge is 2.13. The van der Waals surface area contributed by atoms with E-state index in [1.165, 1.54) is 0 Å². The van der Waals surface area contributed by atoms with E-state index in [0.29, 0.717) is 23.1 Å². The summed E-state index contributed by atoms with van der Waals surface area (Å²) in [6.07, 6.45) is 0. The molecular weight excluding hydrogens is 382 g/mol. The first kappa shape index (κ1) is 19.4. The highest BCUT2D eigenvalue weighted by atomic mass is 35.5. The first-order valence-electron chi connectivity index (χ1n) is 8.52. The fourth-order valence-corrected chi connectivity index (χ4v) is 4.01. The Morgan fingerprint density at radius 1 is 1.07 bits per heavy atom. The second kappa shape index (κ2) is 9.02. The van der Waals surface area contributed by atoms with E-state index in [0.717, 1.165) is 16.7 Å². The molecule has 1 aromatic heterocycles. The summed E-state index contributed by atoms with van der Waals surface area (Å²) in [5.74, 6) is 1.09. The number of amides is 1. The Bertz CT molecular complexity index is 967. The van der Waals surface area contributed by atoms with Gasteiger partial charge in [0.1, 0.15) is 5.76 Å². The molecule has 1 unspecified atom stereocenters. The van der Waals surface area contributed by atoms with Crippen LogP contribution in [0.5, 0.6) is 0 Å². The molecule has 1 amide bonds. The Morgan fingerprint density at radius 2 is 1.89 bits per heavy atom.